The van der Waals surface area contributed by atoms with Crippen molar-refractivity contribution in [1.82, 2.24) is 0 Å². The summed E-state index contributed by atoms with van der Waals surface area (Å²) < 4.78 is 73.9. The molecule has 0 aromatic heterocycles. The Morgan fingerprint density at radius 2 is 1.29 bits per heavy atom. The van der Waals surface area contributed by atoms with E-state index in [2.05, 4.69) is 0 Å². The molecule has 0 unspecified atom stereocenters. The van der Waals surface area contributed by atoms with Gasteiger partial charge in [-0.15, -0.1) is 0 Å². The average molecular weight is 259 g/mol. The highest BCUT2D eigenvalue weighted by molar-refractivity contribution is 5.50. The maximum Gasteiger partial charge on any atom is 0.416 e. The Balaban J connectivity index is 3.29. The molecule has 0 aliphatic heterocycles. The van der Waals surface area contributed by atoms with E-state index in [9.17, 15) is 26.3 Å². The molecule has 17 heavy (non-hydrogen) atoms. The van der Waals surface area contributed by atoms with E-state index in [4.69, 9.17) is 5.11 Å². The van der Waals surface area contributed by atoms with Crippen LogP contribution in [0.1, 0.15) is 11.1 Å². The molecule has 2 N–H and O–H groups in total. The first-order valence-electron chi connectivity index (χ1n) is 4.29. The van der Waals surface area contributed by atoms with Gasteiger partial charge in [0.1, 0.15) is 6.73 Å². The number of aliphatic hydroxyl groups is 1. The summed E-state index contributed by atoms with van der Waals surface area (Å²) in [6.45, 7) is -0.765. The number of aliphatic hydroxyl groups excluding tert-OH is 1. The molecule has 1 aromatic carbocycles. The predicted octanol–water partition coefficient (Wildman–Crippen LogP) is 3.09. The van der Waals surface area contributed by atoms with E-state index < -0.39 is 35.9 Å². The topological polar surface area (TPSA) is 32.3 Å². The second-order valence-electron chi connectivity index (χ2n) is 3.13. The third-order valence-corrected chi connectivity index (χ3v) is 1.87. The van der Waals surface area contributed by atoms with Gasteiger partial charge in [-0.05, 0) is 18.2 Å². The molecule has 1 rings (SSSR count). The summed E-state index contributed by atoms with van der Waals surface area (Å²) in [5, 5.41) is 10.4. The fourth-order valence-corrected chi connectivity index (χ4v) is 1.15. The lowest BCUT2D eigenvalue weighted by Crippen LogP contribution is -2.12. The van der Waals surface area contributed by atoms with Gasteiger partial charge >= 0.3 is 12.4 Å². The highest BCUT2D eigenvalue weighted by atomic mass is 19.4. The smallest absolute Gasteiger partial charge is 0.377 e. The van der Waals surface area contributed by atoms with Gasteiger partial charge in [-0.3, -0.25) is 0 Å². The van der Waals surface area contributed by atoms with Crippen molar-refractivity contribution >= 4 is 5.69 Å². The lowest BCUT2D eigenvalue weighted by atomic mass is 10.1. The first-order chi connectivity index (χ1) is 7.64. The Kier molecular flexibility index (Phi) is 3.56. The number of benzene rings is 1. The molecule has 0 fully saturated rings. The van der Waals surface area contributed by atoms with E-state index in [0.717, 1.165) is 0 Å². The molecule has 2 nitrogen and oxygen atoms in total. The Morgan fingerprint density at radius 3 is 1.59 bits per heavy atom. The van der Waals surface area contributed by atoms with Gasteiger partial charge in [0.25, 0.3) is 0 Å². The van der Waals surface area contributed by atoms with Crippen molar-refractivity contribution in [3.05, 3.63) is 29.3 Å². The molecule has 0 bridgehead atoms. The highest BCUT2D eigenvalue weighted by Crippen LogP contribution is 2.37. The summed E-state index contributed by atoms with van der Waals surface area (Å²) >= 11 is 0. The van der Waals surface area contributed by atoms with Crippen LogP contribution in [0.2, 0.25) is 0 Å². The summed E-state index contributed by atoms with van der Waals surface area (Å²) in [6.07, 6.45) is -9.76. The fraction of sp³-hybridized carbons (Fsp3) is 0.333. The summed E-state index contributed by atoms with van der Waals surface area (Å²) in [6, 6.07) is 0.999. The lowest BCUT2D eigenvalue weighted by molar-refractivity contribution is -0.143. The number of nitrogens with one attached hydrogen (secondary N) is 1. The Morgan fingerprint density at radius 1 is 0.882 bits per heavy atom. The molecule has 0 radical (unpaired) electrons. The zero-order valence-corrected chi connectivity index (χ0v) is 8.15. The van der Waals surface area contributed by atoms with Crippen LogP contribution in [0.5, 0.6) is 0 Å². The van der Waals surface area contributed by atoms with Crippen molar-refractivity contribution in [3.63, 3.8) is 0 Å². The van der Waals surface area contributed by atoms with Crippen LogP contribution in [0, 0.1) is 0 Å². The number of anilines is 1. The van der Waals surface area contributed by atoms with Crippen molar-refractivity contribution in [1.29, 1.82) is 0 Å². The van der Waals surface area contributed by atoms with Gasteiger partial charge in [0.2, 0.25) is 0 Å². The first-order valence-corrected chi connectivity index (χ1v) is 4.29. The van der Waals surface area contributed by atoms with Gasteiger partial charge in [0, 0.05) is 5.69 Å². The minimum Gasteiger partial charge on any atom is -0.377 e. The van der Waals surface area contributed by atoms with Crippen LogP contribution >= 0.6 is 0 Å². The van der Waals surface area contributed by atoms with Gasteiger partial charge in [-0.1, -0.05) is 0 Å². The first kappa shape index (κ1) is 13.6. The fourth-order valence-electron chi connectivity index (χ4n) is 1.15. The zero-order chi connectivity index (χ0) is 13.3. The minimum atomic E-state index is -4.88. The molecule has 0 amide bonds. The molecule has 0 aliphatic carbocycles. The monoisotopic (exact) mass is 259 g/mol. The molecule has 96 valence electrons. The summed E-state index contributed by atoms with van der Waals surface area (Å²) in [5.41, 5.74) is -3.30. The second kappa shape index (κ2) is 4.44. The van der Waals surface area contributed by atoms with Gasteiger partial charge in [0.15, 0.2) is 0 Å². The van der Waals surface area contributed by atoms with Crippen LogP contribution in [0.4, 0.5) is 32.0 Å². The van der Waals surface area contributed by atoms with Crippen molar-refractivity contribution in [3.8, 4) is 0 Å². The molecule has 0 atom stereocenters. The van der Waals surface area contributed by atoms with E-state index >= 15 is 0 Å². The molecule has 0 heterocycles. The second-order valence-corrected chi connectivity index (χ2v) is 3.13. The summed E-state index contributed by atoms with van der Waals surface area (Å²) in [5.74, 6) is 0. The maximum absolute atomic E-state index is 12.3. The van der Waals surface area contributed by atoms with Crippen LogP contribution < -0.4 is 5.32 Å². The van der Waals surface area contributed by atoms with Crippen LogP contribution in [0.25, 0.3) is 0 Å². The third kappa shape index (κ3) is 3.52. The van der Waals surface area contributed by atoms with Crippen molar-refractivity contribution in [2.45, 2.75) is 12.4 Å². The SMILES string of the molecule is OCNc1cc(C(F)(F)F)cc(C(F)(F)F)c1. The predicted molar refractivity (Wildman–Crippen MR) is 47.2 cm³/mol. The van der Waals surface area contributed by atoms with E-state index in [1.54, 1.807) is 0 Å². The lowest BCUT2D eigenvalue weighted by Gasteiger charge is -2.14. The normalized spacial score (nSPS) is 12.6. The van der Waals surface area contributed by atoms with Crippen LogP contribution in [0.3, 0.4) is 0 Å². The van der Waals surface area contributed by atoms with Gasteiger partial charge in [-0.2, -0.15) is 26.3 Å². The average Bonchev–Trinajstić information content (AvgIpc) is 2.15. The molecule has 8 heteroatoms. The summed E-state index contributed by atoms with van der Waals surface area (Å²) in [7, 11) is 0. The maximum atomic E-state index is 12.3. The van der Waals surface area contributed by atoms with Crippen molar-refractivity contribution in [2.75, 3.05) is 12.0 Å². The Bertz CT molecular complexity index is 365. The number of alkyl halides is 6. The van der Waals surface area contributed by atoms with Crippen LogP contribution in [-0.2, 0) is 12.4 Å². The van der Waals surface area contributed by atoms with E-state index in [1.807, 2.05) is 5.32 Å². The summed E-state index contributed by atoms with van der Waals surface area (Å²) in [4.78, 5) is 0. The molecule has 0 aliphatic rings. The largest absolute Gasteiger partial charge is 0.416 e. The Labute approximate surface area is 91.9 Å². The number of hydrogen-bond acceptors (Lipinski definition) is 2. The molecule has 1 aromatic rings. The van der Waals surface area contributed by atoms with Crippen LogP contribution in [0.15, 0.2) is 18.2 Å². The standard InChI is InChI=1S/C9H7F6NO/c10-8(11,12)5-1-6(9(13,14)15)3-7(2-5)16-4-17/h1-3,16-17H,4H2. The molecular formula is C9H7F6NO. The third-order valence-electron chi connectivity index (χ3n) is 1.87. The quantitative estimate of drug-likeness (QED) is 0.632. The highest BCUT2D eigenvalue weighted by Gasteiger charge is 2.36. The van der Waals surface area contributed by atoms with Crippen molar-refractivity contribution in [2.24, 2.45) is 0 Å². The molecule has 0 spiro atoms. The van der Waals surface area contributed by atoms with Gasteiger partial charge < -0.3 is 10.4 Å². The van der Waals surface area contributed by atoms with Crippen LogP contribution in [-0.4, -0.2) is 11.8 Å². The molecule has 0 saturated heterocycles. The molecular weight excluding hydrogens is 252 g/mol. The van der Waals surface area contributed by atoms with Gasteiger partial charge in [0.05, 0.1) is 11.1 Å². The molecule has 0 saturated carbocycles. The van der Waals surface area contributed by atoms with Crippen molar-refractivity contribution < 1.29 is 31.4 Å². The van der Waals surface area contributed by atoms with Gasteiger partial charge in [-0.25, -0.2) is 0 Å². The number of halogens is 6. The number of rotatable bonds is 2. The van der Waals surface area contributed by atoms with E-state index in [-0.39, 0.29) is 6.07 Å². The van der Waals surface area contributed by atoms with E-state index in [0.29, 0.717) is 12.1 Å². The Hall–Kier alpha value is -1.44. The zero-order valence-electron chi connectivity index (χ0n) is 8.15. The number of hydrogen-bond donors (Lipinski definition) is 2. The minimum absolute atomic E-state index is 0.0164. The van der Waals surface area contributed by atoms with E-state index in [1.165, 1.54) is 0 Å².